The Morgan fingerprint density at radius 2 is 2.21 bits per heavy atom. The predicted molar refractivity (Wildman–Crippen MR) is 57.2 cm³/mol. The van der Waals surface area contributed by atoms with Gasteiger partial charge in [0.25, 0.3) is 0 Å². The minimum atomic E-state index is 0.528. The first-order valence-electron chi connectivity index (χ1n) is 5.31. The first-order chi connectivity index (χ1) is 6.75. The highest BCUT2D eigenvalue weighted by molar-refractivity contribution is 5.33. The van der Waals surface area contributed by atoms with E-state index in [9.17, 15) is 0 Å². The van der Waals surface area contributed by atoms with Crippen LogP contribution < -0.4 is 5.32 Å². The monoisotopic (exact) mass is 191 g/mol. The van der Waals surface area contributed by atoms with E-state index in [2.05, 4.69) is 22.2 Å². The Hall–Kier alpha value is -1.12. The van der Waals surface area contributed by atoms with Gasteiger partial charge in [-0.25, -0.2) is 4.98 Å². The van der Waals surface area contributed by atoms with Crippen molar-refractivity contribution in [3.8, 4) is 0 Å². The molecule has 1 aromatic rings. The van der Waals surface area contributed by atoms with Gasteiger partial charge in [0.15, 0.2) is 0 Å². The summed E-state index contributed by atoms with van der Waals surface area (Å²) in [6.07, 6.45) is 7.67. The van der Waals surface area contributed by atoms with Gasteiger partial charge in [-0.3, -0.25) is 4.98 Å². The molecule has 1 saturated carbocycles. The van der Waals surface area contributed by atoms with Crippen LogP contribution in [0.25, 0.3) is 0 Å². The zero-order valence-electron chi connectivity index (χ0n) is 8.83. The van der Waals surface area contributed by atoms with Gasteiger partial charge in [-0.15, -0.1) is 0 Å². The van der Waals surface area contributed by atoms with Crippen molar-refractivity contribution >= 4 is 5.82 Å². The molecule has 0 radical (unpaired) electrons. The SMILES string of the molecule is Cc1cncc(N[C@H](C)C2CCC2)n1. The molecule has 2 rings (SSSR count). The second-order valence-electron chi connectivity index (χ2n) is 4.17. The summed E-state index contributed by atoms with van der Waals surface area (Å²) < 4.78 is 0. The molecule has 0 saturated heterocycles. The van der Waals surface area contributed by atoms with Gasteiger partial charge >= 0.3 is 0 Å². The molecule has 0 aliphatic heterocycles. The quantitative estimate of drug-likeness (QED) is 0.797. The molecule has 1 aromatic heterocycles. The second-order valence-corrected chi connectivity index (χ2v) is 4.17. The van der Waals surface area contributed by atoms with Gasteiger partial charge in [0.05, 0.1) is 11.9 Å². The van der Waals surface area contributed by atoms with E-state index in [1.54, 1.807) is 12.4 Å². The maximum Gasteiger partial charge on any atom is 0.145 e. The first kappa shape index (κ1) is 9.44. The lowest BCUT2D eigenvalue weighted by Gasteiger charge is -2.32. The second kappa shape index (κ2) is 3.95. The van der Waals surface area contributed by atoms with Crippen LogP contribution in [0, 0.1) is 12.8 Å². The fourth-order valence-electron chi connectivity index (χ4n) is 1.82. The summed E-state index contributed by atoms with van der Waals surface area (Å²) in [6.45, 7) is 4.19. The van der Waals surface area contributed by atoms with E-state index in [4.69, 9.17) is 0 Å². The predicted octanol–water partition coefficient (Wildman–Crippen LogP) is 2.39. The van der Waals surface area contributed by atoms with E-state index in [0.717, 1.165) is 17.4 Å². The third-order valence-corrected chi connectivity index (χ3v) is 2.99. The van der Waals surface area contributed by atoms with Crippen molar-refractivity contribution in [3.63, 3.8) is 0 Å². The average Bonchev–Trinajstić information content (AvgIpc) is 1.99. The highest BCUT2D eigenvalue weighted by atomic mass is 15.0. The highest BCUT2D eigenvalue weighted by Gasteiger charge is 2.23. The number of aromatic nitrogens is 2. The summed E-state index contributed by atoms with van der Waals surface area (Å²) in [7, 11) is 0. The minimum Gasteiger partial charge on any atom is -0.366 e. The lowest BCUT2D eigenvalue weighted by atomic mass is 9.80. The highest BCUT2D eigenvalue weighted by Crippen LogP contribution is 2.30. The average molecular weight is 191 g/mol. The van der Waals surface area contributed by atoms with Gasteiger partial charge in [0.2, 0.25) is 0 Å². The van der Waals surface area contributed by atoms with Crippen molar-refractivity contribution in [1.82, 2.24) is 9.97 Å². The van der Waals surface area contributed by atoms with Gasteiger partial charge in [-0.2, -0.15) is 0 Å². The molecule has 0 amide bonds. The fraction of sp³-hybridized carbons (Fsp3) is 0.636. The van der Waals surface area contributed by atoms with E-state index in [-0.39, 0.29) is 0 Å². The smallest absolute Gasteiger partial charge is 0.145 e. The van der Waals surface area contributed by atoms with Gasteiger partial charge in [-0.05, 0) is 32.6 Å². The number of rotatable bonds is 3. The van der Waals surface area contributed by atoms with Crippen LogP contribution in [0.5, 0.6) is 0 Å². The van der Waals surface area contributed by atoms with Crippen LogP contribution in [0.1, 0.15) is 31.9 Å². The summed E-state index contributed by atoms with van der Waals surface area (Å²) >= 11 is 0. The van der Waals surface area contributed by atoms with Crippen molar-refractivity contribution < 1.29 is 0 Å². The normalized spacial score (nSPS) is 18.7. The summed E-state index contributed by atoms with van der Waals surface area (Å²) in [5.41, 5.74) is 0.968. The van der Waals surface area contributed by atoms with Crippen LogP contribution in [0.15, 0.2) is 12.4 Å². The van der Waals surface area contributed by atoms with Crippen LogP contribution in [0.4, 0.5) is 5.82 Å². The van der Waals surface area contributed by atoms with E-state index < -0.39 is 0 Å². The van der Waals surface area contributed by atoms with Crippen molar-refractivity contribution in [1.29, 1.82) is 0 Å². The Bertz CT molecular complexity index is 307. The largest absolute Gasteiger partial charge is 0.366 e. The van der Waals surface area contributed by atoms with Crippen LogP contribution in [0.3, 0.4) is 0 Å². The molecule has 1 N–H and O–H groups in total. The van der Waals surface area contributed by atoms with Crippen molar-refractivity contribution in [2.45, 2.75) is 39.2 Å². The van der Waals surface area contributed by atoms with Gasteiger partial charge in [0.1, 0.15) is 5.82 Å². The molecule has 14 heavy (non-hydrogen) atoms. The van der Waals surface area contributed by atoms with Crippen LogP contribution in [0.2, 0.25) is 0 Å². The first-order valence-corrected chi connectivity index (χ1v) is 5.31. The van der Waals surface area contributed by atoms with Crippen molar-refractivity contribution in [3.05, 3.63) is 18.1 Å². The molecule has 3 heteroatoms. The van der Waals surface area contributed by atoms with Gasteiger partial charge in [0, 0.05) is 12.2 Å². The van der Waals surface area contributed by atoms with Crippen LogP contribution >= 0.6 is 0 Å². The van der Waals surface area contributed by atoms with E-state index >= 15 is 0 Å². The van der Waals surface area contributed by atoms with Gasteiger partial charge in [-0.1, -0.05) is 6.42 Å². The summed E-state index contributed by atoms with van der Waals surface area (Å²) in [4.78, 5) is 8.50. The number of nitrogens with one attached hydrogen (secondary N) is 1. The zero-order valence-corrected chi connectivity index (χ0v) is 8.83. The molecule has 1 aliphatic rings. The third kappa shape index (κ3) is 2.03. The summed E-state index contributed by atoms with van der Waals surface area (Å²) in [6, 6.07) is 0.528. The van der Waals surface area contributed by atoms with Crippen molar-refractivity contribution in [2.75, 3.05) is 5.32 Å². The number of hydrogen-bond donors (Lipinski definition) is 1. The Kier molecular flexibility index (Phi) is 2.66. The standard InChI is InChI=1S/C11H17N3/c1-8-6-12-7-11(13-8)14-9(2)10-4-3-5-10/h6-7,9-10H,3-5H2,1-2H3,(H,13,14)/t9-/m1/s1. The molecule has 1 fully saturated rings. The fourth-order valence-corrected chi connectivity index (χ4v) is 1.82. The number of hydrogen-bond acceptors (Lipinski definition) is 3. The van der Waals surface area contributed by atoms with E-state index in [0.29, 0.717) is 6.04 Å². The van der Waals surface area contributed by atoms with Gasteiger partial charge < -0.3 is 5.32 Å². The lowest BCUT2D eigenvalue weighted by molar-refractivity contribution is 0.285. The Balaban J connectivity index is 1.95. The number of nitrogens with zero attached hydrogens (tertiary/aromatic N) is 2. The molecule has 3 nitrogen and oxygen atoms in total. The molecule has 1 atom stereocenters. The molecule has 0 spiro atoms. The summed E-state index contributed by atoms with van der Waals surface area (Å²) in [5, 5.41) is 3.41. The number of anilines is 1. The molecular formula is C11H17N3. The van der Waals surface area contributed by atoms with Crippen LogP contribution in [-0.4, -0.2) is 16.0 Å². The van der Waals surface area contributed by atoms with Crippen LogP contribution in [-0.2, 0) is 0 Å². The molecule has 76 valence electrons. The maximum absolute atomic E-state index is 4.38. The molecular weight excluding hydrogens is 174 g/mol. The van der Waals surface area contributed by atoms with Crippen molar-refractivity contribution in [2.24, 2.45) is 5.92 Å². The zero-order chi connectivity index (χ0) is 9.97. The third-order valence-electron chi connectivity index (χ3n) is 2.99. The van der Waals surface area contributed by atoms with E-state index in [1.165, 1.54) is 19.3 Å². The number of aryl methyl sites for hydroxylation is 1. The molecule has 0 bridgehead atoms. The van der Waals surface area contributed by atoms with E-state index in [1.807, 2.05) is 6.92 Å². The Labute approximate surface area is 85.0 Å². The minimum absolute atomic E-state index is 0.528. The summed E-state index contributed by atoms with van der Waals surface area (Å²) in [5.74, 6) is 1.74. The maximum atomic E-state index is 4.38. The molecule has 0 aromatic carbocycles. The Morgan fingerprint density at radius 1 is 1.43 bits per heavy atom. The molecule has 0 unspecified atom stereocenters. The topological polar surface area (TPSA) is 37.8 Å². The molecule has 1 heterocycles. The molecule has 1 aliphatic carbocycles. The lowest BCUT2D eigenvalue weighted by Crippen LogP contribution is -2.31. The Morgan fingerprint density at radius 3 is 2.79 bits per heavy atom.